The average Bonchev–Trinajstić information content (AvgIpc) is 3.47. The normalized spacial score (nSPS) is 25.5. The number of hydrogen-bond acceptors (Lipinski definition) is 13. The zero-order chi connectivity index (χ0) is 57.4. The highest BCUT2D eigenvalue weighted by atomic mass is 16.7. The van der Waals surface area contributed by atoms with Crippen LogP contribution in [0.5, 0.6) is 0 Å². The SMILES string of the molecule is CC/C=C\C/C=C\C/C=C\C/C=C\C/C=C\C/C=C\C/C=C\C/C=C\C/C=C\CCCCCCCCCC(=O)NC(COC1OC(CO)C(OC2OC(CO)C(O)C(O)C2O)C(O)C1O)C(O)/C=C/CC/C=C/CC/C=C/CC. The molecule has 0 aromatic carbocycles. The van der Waals surface area contributed by atoms with Crippen molar-refractivity contribution >= 4 is 5.91 Å². The minimum Gasteiger partial charge on any atom is -0.394 e. The van der Waals surface area contributed by atoms with E-state index >= 15 is 0 Å². The molecule has 9 N–H and O–H groups in total. The number of carbonyl (C=O) groups excluding carboxylic acids is 1. The third kappa shape index (κ3) is 34.0. The Bertz CT molecular complexity index is 1880. The van der Waals surface area contributed by atoms with Crippen LogP contribution in [0.25, 0.3) is 0 Å². The first-order chi connectivity index (χ1) is 38.6. The molecule has 2 rings (SSSR count). The van der Waals surface area contributed by atoms with Gasteiger partial charge < -0.3 is 65.1 Å². The summed E-state index contributed by atoms with van der Waals surface area (Å²) in [7, 11) is 0. The number of carbonyl (C=O) groups is 1. The van der Waals surface area contributed by atoms with Gasteiger partial charge in [-0.3, -0.25) is 4.79 Å². The van der Waals surface area contributed by atoms with Gasteiger partial charge in [-0.15, -0.1) is 0 Å². The van der Waals surface area contributed by atoms with E-state index in [9.17, 15) is 45.6 Å². The molecule has 0 aromatic heterocycles. The molecule has 0 aromatic rings. The third-order valence-corrected chi connectivity index (χ3v) is 13.2. The standard InChI is InChI=1S/C65H103NO13/c1-3-5-7-9-11-13-15-16-17-18-19-20-21-22-23-24-25-26-27-28-29-30-31-32-33-34-35-36-37-38-39-41-43-45-47-49-57(70)66-53(54(69)48-46-44-42-40-14-12-10-8-6-4-2)52-76-64-62(75)60(73)63(56(51-68)78-64)79-65-61(74)59(72)58(71)55(50-67)77-65/h5-8,11,13-14,16-17,19-20,22-23,25-26,28-29,31-32,34-35,40,46,48,53-56,58-65,67-69,71-75H,3-4,9-10,12,15,18,21,24,27,30,33,36-39,41-45,47,49-52H2,1-2H3,(H,66,70)/b7-5-,8-6+,13-11-,17-16-,20-19-,23-22-,26-25-,29-28-,32-31-,35-34-,40-14+,48-46+. The van der Waals surface area contributed by atoms with Crippen molar-refractivity contribution in [2.24, 2.45) is 0 Å². The molecular formula is C65H103NO13. The lowest BCUT2D eigenvalue weighted by Gasteiger charge is -2.46. The van der Waals surface area contributed by atoms with Gasteiger partial charge in [-0.25, -0.2) is 0 Å². The van der Waals surface area contributed by atoms with Crippen molar-refractivity contribution in [1.29, 1.82) is 0 Å². The molecule has 2 aliphatic rings. The smallest absolute Gasteiger partial charge is 0.220 e. The zero-order valence-electron chi connectivity index (χ0n) is 47.8. The molecule has 2 heterocycles. The molecule has 2 aliphatic heterocycles. The minimum absolute atomic E-state index is 0.246. The van der Waals surface area contributed by atoms with Crippen LogP contribution in [0.15, 0.2) is 146 Å². The number of nitrogens with one attached hydrogen (secondary N) is 1. The van der Waals surface area contributed by atoms with E-state index in [1.54, 1.807) is 6.08 Å². The molecule has 0 saturated carbocycles. The molecular weight excluding hydrogens is 1000 g/mol. The van der Waals surface area contributed by atoms with Gasteiger partial charge in [0.1, 0.15) is 48.8 Å². The van der Waals surface area contributed by atoms with Gasteiger partial charge in [0.2, 0.25) is 5.91 Å². The van der Waals surface area contributed by atoms with Gasteiger partial charge in [-0.1, -0.05) is 192 Å². The number of aliphatic hydroxyl groups is 8. The molecule has 0 bridgehead atoms. The summed E-state index contributed by atoms with van der Waals surface area (Å²) in [5.74, 6) is -0.276. The molecule has 79 heavy (non-hydrogen) atoms. The molecule has 1 amide bonds. The average molecular weight is 1110 g/mol. The molecule has 0 spiro atoms. The summed E-state index contributed by atoms with van der Waals surface area (Å²) in [5.41, 5.74) is 0. The third-order valence-electron chi connectivity index (χ3n) is 13.2. The fourth-order valence-corrected chi connectivity index (χ4v) is 8.56. The summed E-state index contributed by atoms with van der Waals surface area (Å²) in [4.78, 5) is 13.2. The molecule has 14 heteroatoms. The van der Waals surface area contributed by atoms with Crippen molar-refractivity contribution in [2.75, 3.05) is 19.8 Å². The maximum absolute atomic E-state index is 13.2. The number of amides is 1. The summed E-state index contributed by atoms with van der Waals surface area (Å²) in [5, 5.41) is 86.8. The molecule has 0 radical (unpaired) electrons. The Morgan fingerprint density at radius 1 is 0.456 bits per heavy atom. The van der Waals surface area contributed by atoms with Crippen LogP contribution in [0.2, 0.25) is 0 Å². The van der Waals surface area contributed by atoms with Gasteiger partial charge in [0.15, 0.2) is 12.6 Å². The molecule has 2 fully saturated rings. The Hall–Kier alpha value is -4.13. The Morgan fingerprint density at radius 2 is 0.848 bits per heavy atom. The monoisotopic (exact) mass is 1110 g/mol. The topological polar surface area (TPSA) is 228 Å². The Balaban J connectivity index is 1.67. The minimum atomic E-state index is -1.80. The molecule has 0 aliphatic carbocycles. The maximum Gasteiger partial charge on any atom is 0.220 e. The van der Waals surface area contributed by atoms with Crippen LogP contribution < -0.4 is 5.32 Å². The fraction of sp³-hybridized carbons (Fsp3) is 0.615. The molecule has 14 nitrogen and oxygen atoms in total. The Morgan fingerprint density at radius 3 is 1.34 bits per heavy atom. The van der Waals surface area contributed by atoms with Crippen molar-refractivity contribution in [3.8, 4) is 0 Å². The van der Waals surface area contributed by atoms with E-state index < -0.39 is 86.8 Å². The van der Waals surface area contributed by atoms with Crippen LogP contribution in [0, 0.1) is 0 Å². The highest BCUT2D eigenvalue weighted by molar-refractivity contribution is 5.76. The first-order valence-electron chi connectivity index (χ1n) is 29.6. The van der Waals surface area contributed by atoms with Gasteiger partial charge in [0.05, 0.1) is 32.0 Å². The van der Waals surface area contributed by atoms with Crippen molar-refractivity contribution in [3.05, 3.63) is 146 Å². The lowest BCUT2D eigenvalue weighted by atomic mass is 9.97. The number of hydrogen-bond donors (Lipinski definition) is 9. The number of rotatable bonds is 44. The van der Waals surface area contributed by atoms with Gasteiger partial charge in [-0.2, -0.15) is 0 Å². The fourth-order valence-electron chi connectivity index (χ4n) is 8.56. The van der Waals surface area contributed by atoms with E-state index in [4.69, 9.17) is 18.9 Å². The van der Waals surface area contributed by atoms with Crippen LogP contribution in [-0.2, 0) is 23.7 Å². The number of unbranched alkanes of at least 4 members (excludes halogenated alkanes) is 9. The predicted octanol–water partition coefficient (Wildman–Crippen LogP) is 10.2. The summed E-state index contributed by atoms with van der Waals surface area (Å²) >= 11 is 0. The van der Waals surface area contributed by atoms with Crippen LogP contribution in [-0.4, -0.2) is 140 Å². The molecule has 2 saturated heterocycles. The Labute approximate surface area is 474 Å². The first kappa shape index (κ1) is 71.0. The van der Waals surface area contributed by atoms with Crippen LogP contribution in [0.1, 0.15) is 162 Å². The molecule has 12 unspecified atom stereocenters. The summed E-state index contributed by atoms with van der Waals surface area (Å²) in [6, 6.07) is -0.953. The van der Waals surface area contributed by atoms with Crippen LogP contribution >= 0.6 is 0 Å². The Kier molecular flexibility index (Phi) is 43.6. The van der Waals surface area contributed by atoms with Crippen LogP contribution in [0.3, 0.4) is 0 Å². The quantitative estimate of drug-likeness (QED) is 0.0205. The summed E-state index contributed by atoms with van der Waals surface area (Å²) < 4.78 is 22.7. The number of aliphatic hydroxyl groups excluding tert-OH is 8. The van der Waals surface area contributed by atoms with Crippen molar-refractivity contribution in [2.45, 2.75) is 235 Å². The van der Waals surface area contributed by atoms with E-state index in [1.165, 1.54) is 0 Å². The molecule has 446 valence electrons. The maximum atomic E-state index is 13.2. The second-order valence-electron chi connectivity index (χ2n) is 20.0. The van der Waals surface area contributed by atoms with Gasteiger partial charge >= 0.3 is 0 Å². The lowest BCUT2D eigenvalue weighted by Crippen LogP contribution is -2.65. The number of allylic oxidation sites excluding steroid dienone is 23. The van der Waals surface area contributed by atoms with Crippen molar-refractivity contribution < 1.29 is 64.6 Å². The van der Waals surface area contributed by atoms with Gasteiger partial charge in [0.25, 0.3) is 0 Å². The van der Waals surface area contributed by atoms with E-state index in [2.05, 4.69) is 153 Å². The van der Waals surface area contributed by atoms with E-state index in [-0.39, 0.29) is 18.9 Å². The van der Waals surface area contributed by atoms with Gasteiger partial charge in [-0.05, 0) is 109 Å². The molecule has 12 atom stereocenters. The van der Waals surface area contributed by atoms with E-state index in [0.717, 1.165) is 128 Å². The highest BCUT2D eigenvalue weighted by Gasteiger charge is 2.51. The van der Waals surface area contributed by atoms with Gasteiger partial charge in [0, 0.05) is 6.42 Å². The predicted molar refractivity (Wildman–Crippen MR) is 318 cm³/mol. The van der Waals surface area contributed by atoms with Crippen molar-refractivity contribution in [1.82, 2.24) is 5.32 Å². The zero-order valence-corrected chi connectivity index (χ0v) is 47.8. The number of ether oxygens (including phenoxy) is 4. The second-order valence-corrected chi connectivity index (χ2v) is 20.0. The summed E-state index contributed by atoms with van der Waals surface area (Å²) in [6.07, 6.45) is 56.3. The summed E-state index contributed by atoms with van der Waals surface area (Å²) in [6.45, 7) is 2.48. The van der Waals surface area contributed by atoms with Crippen molar-refractivity contribution in [3.63, 3.8) is 0 Å². The van der Waals surface area contributed by atoms with E-state index in [0.29, 0.717) is 12.8 Å². The first-order valence-corrected chi connectivity index (χ1v) is 29.6. The largest absolute Gasteiger partial charge is 0.394 e. The highest BCUT2D eigenvalue weighted by Crippen LogP contribution is 2.30. The second kappa shape index (κ2) is 48.6. The lowest BCUT2D eigenvalue weighted by molar-refractivity contribution is -0.359. The van der Waals surface area contributed by atoms with Crippen LogP contribution in [0.4, 0.5) is 0 Å². The van der Waals surface area contributed by atoms with E-state index in [1.807, 2.05) is 6.08 Å².